The molecule has 0 aliphatic carbocycles. The first-order chi connectivity index (χ1) is 14.5. The van der Waals surface area contributed by atoms with Gasteiger partial charge in [-0.05, 0) is 30.3 Å². The third-order valence-electron chi connectivity index (χ3n) is 4.22. The first-order valence-corrected chi connectivity index (χ1v) is 9.14. The number of nitro groups is 1. The van der Waals surface area contributed by atoms with Gasteiger partial charge in [0.15, 0.2) is 11.5 Å². The first kappa shape index (κ1) is 19.5. The Balaban J connectivity index is 1.38. The average molecular weight is 428 g/mol. The molecule has 2 aromatic carbocycles. The van der Waals surface area contributed by atoms with Crippen LogP contribution < -0.4 is 14.9 Å². The van der Waals surface area contributed by atoms with Crippen molar-refractivity contribution in [2.45, 2.75) is 6.10 Å². The van der Waals surface area contributed by atoms with Crippen molar-refractivity contribution >= 4 is 29.4 Å². The predicted octanol–water partition coefficient (Wildman–Crippen LogP) is 3.80. The molecule has 0 saturated heterocycles. The van der Waals surface area contributed by atoms with Gasteiger partial charge in [-0.1, -0.05) is 23.7 Å². The van der Waals surface area contributed by atoms with Gasteiger partial charge in [-0.15, -0.1) is 0 Å². The number of hydrazone groups is 1. The van der Waals surface area contributed by atoms with Crippen molar-refractivity contribution in [1.29, 1.82) is 0 Å². The average Bonchev–Trinajstić information content (AvgIpc) is 3.21. The maximum absolute atomic E-state index is 12.2. The molecular weight excluding hydrogens is 414 g/mol. The van der Waals surface area contributed by atoms with Crippen LogP contribution in [0.4, 0.5) is 5.69 Å². The summed E-state index contributed by atoms with van der Waals surface area (Å²) in [7, 11) is 0. The van der Waals surface area contributed by atoms with Gasteiger partial charge in [-0.3, -0.25) is 14.9 Å². The molecule has 1 atom stereocenters. The number of nitro benzene ring substituents is 1. The van der Waals surface area contributed by atoms with E-state index in [0.29, 0.717) is 28.6 Å². The van der Waals surface area contributed by atoms with Crippen LogP contribution in [0.25, 0.3) is 11.3 Å². The van der Waals surface area contributed by atoms with E-state index in [1.54, 1.807) is 30.3 Å². The van der Waals surface area contributed by atoms with E-state index in [2.05, 4.69) is 10.5 Å². The topological polar surface area (TPSA) is 116 Å². The second kappa shape index (κ2) is 8.26. The number of nitrogens with one attached hydrogen (secondary N) is 1. The SMILES string of the molecule is O=C(N/N=C\c1ccc(-c2ccc([N+](=O)[O-])cc2Cl)o1)[C@H]1COc2ccccc2O1. The molecule has 1 amide bonds. The van der Waals surface area contributed by atoms with Crippen molar-refractivity contribution in [3.63, 3.8) is 0 Å². The Kier molecular flexibility index (Phi) is 5.36. The van der Waals surface area contributed by atoms with Crippen LogP contribution in [0.3, 0.4) is 0 Å². The minimum absolute atomic E-state index is 0.0713. The highest BCUT2D eigenvalue weighted by Gasteiger charge is 2.27. The third-order valence-corrected chi connectivity index (χ3v) is 4.54. The van der Waals surface area contributed by atoms with E-state index >= 15 is 0 Å². The number of hydrogen-bond donors (Lipinski definition) is 1. The van der Waals surface area contributed by atoms with Gasteiger partial charge < -0.3 is 13.9 Å². The third kappa shape index (κ3) is 4.11. The maximum Gasteiger partial charge on any atom is 0.284 e. The lowest BCUT2D eigenvalue weighted by Crippen LogP contribution is -2.42. The number of halogens is 1. The number of amides is 1. The molecule has 1 aliphatic heterocycles. The van der Waals surface area contributed by atoms with Crippen molar-refractivity contribution in [3.05, 3.63) is 75.5 Å². The zero-order valence-corrected chi connectivity index (χ0v) is 16.0. The first-order valence-electron chi connectivity index (χ1n) is 8.77. The molecule has 0 bridgehead atoms. The standard InChI is InChI=1S/C20H14ClN3O6/c21-15-9-12(24(26)27)5-7-14(15)16-8-6-13(29-16)10-22-23-20(25)19-11-28-17-3-1-2-4-18(17)30-19/h1-10,19H,11H2,(H,23,25)/b22-10-/t19-/m1/s1. The Morgan fingerprint density at radius 3 is 2.77 bits per heavy atom. The number of para-hydroxylation sites is 2. The molecule has 0 spiro atoms. The van der Waals surface area contributed by atoms with E-state index in [1.165, 1.54) is 24.4 Å². The largest absolute Gasteiger partial charge is 0.485 e. The summed E-state index contributed by atoms with van der Waals surface area (Å²) in [5.74, 6) is 1.36. The quantitative estimate of drug-likeness (QED) is 0.376. The van der Waals surface area contributed by atoms with Crippen LogP contribution in [0, 0.1) is 10.1 Å². The number of benzene rings is 2. The Morgan fingerprint density at radius 2 is 2.00 bits per heavy atom. The number of rotatable bonds is 5. The molecule has 0 saturated carbocycles. The van der Waals surface area contributed by atoms with E-state index in [0.717, 1.165) is 0 Å². The lowest BCUT2D eigenvalue weighted by Gasteiger charge is -2.24. The monoisotopic (exact) mass is 427 g/mol. The van der Waals surface area contributed by atoms with Gasteiger partial charge >= 0.3 is 0 Å². The van der Waals surface area contributed by atoms with E-state index in [-0.39, 0.29) is 17.3 Å². The minimum atomic E-state index is -0.830. The summed E-state index contributed by atoms with van der Waals surface area (Å²) in [5.41, 5.74) is 2.76. The molecule has 9 nitrogen and oxygen atoms in total. The molecule has 152 valence electrons. The van der Waals surface area contributed by atoms with Crippen LogP contribution in [-0.2, 0) is 4.79 Å². The van der Waals surface area contributed by atoms with Crippen molar-refractivity contribution in [3.8, 4) is 22.8 Å². The zero-order valence-electron chi connectivity index (χ0n) is 15.3. The molecule has 10 heteroatoms. The molecule has 1 aliphatic rings. The lowest BCUT2D eigenvalue weighted by atomic mass is 10.1. The summed E-state index contributed by atoms with van der Waals surface area (Å²) in [6.07, 6.45) is 0.487. The molecule has 1 aromatic heterocycles. The van der Waals surface area contributed by atoms with Crippen molar-refractivity contribution < 1.29 is 23.6 Å². The number of hydrogen-bond acceptors (Lipinski definition) is 7. The van der Waals surface area contributed by atoms with Crippen LogP contribution in [0.1, 0.15) is 5.76 Å². The van der Waals surface area contributed by atoms with Crippen LogP contribution in [0.5, 0.6) is 11.5 Å². The molecule has 0 unspecified atom stereocenters. The number of fused-ring (bicyclic) bond motifs is 1. The van der Waals surface area contributed by atoms with E-state index in [4.69, 9.17) is 25.5 Å². The maximum atomic E-state index is 12.2. The lowest BCUT2D eigenvalue weighted by molar-refractivity contribution is -0.384. The predicted molar refractivity (Wildman–Crippen MR) is 108 cm³/mol. The van der Waals surface area contributed by atoms with Gasteiger partial charge in [0.05, 0.1) is 16.2 Å². The summed E-state index contributed by atoms with van der Waals surface area (Å²) < 4.78 is 16.7. The molecule has 1 N–H and O–H groups in total. The highest BCUT2D eigenvalue weighted by molar-refractivity contribution is 6.33. The smallest absolute Gasteiger partial charge is 0.284 e. The second-order valence-corrected chi connectivity index (χ2v) is 6.63. The number of carbonyl (C=O) groups excluding carboxylic acids is 1. The molecule has 0 fully saturated rings. The van der Waals surface area contributed by atoms with Crippen molar-refractivity contribution in [2.75, 3.05) is 6.61 Å². The summed E-state index contributed by atoms with van der Waals surface area (Å²) >= 11 is 6.10. The van der Waals surface area contributed by atoms with E-state index < -0.39 is 16.9 Å². The molecule has 30 heavy (non-hydrogen) atoms. The van der Waals surface area contributed by atoms with Crippen molar-refractivity contribution in [2.24, 2.45) is 5.10 Å². The molecular formula is C20H14ClN3O6. The number of ether oxygens (including phenoxy) is 2. The molecule has 3 aromatic rings. The normalized spacial score (nSPS) is 15.2. The van der Waals surface area contributed by atoms with Gasteiger partial charge in [0.1, 0.15) is 18.1 Å². The minimum Gasteiger partial charge on any atom is -0.485 e. The Bertz CT molecular complexity index is 1140. The van der Waals surface area contributed by atoms with Gasteiger partial charge in [-0.2, -0.15) is 5.10 Å². The number of carbonyl (C=O) groups is 1. The molecule has 2 heterocycles. The highest BCUT2D eigenvalue weighted by Crippen LogP contribution is 2.32. The van der Waals surface area contributed by atoms with Crippen LogP contribution in [-0.4, -0.2) is 29.8 Å². The van der Waals surface area contributed by atoms with Crippen LogP contribution in [0.2, 0.25) is 5.02 Å². The Labute approximate surface area is 175 Å². The van der Waals surface area contributed by atoms with Gasteiger partial charge in [0.25, 0.3) is 11.6 Å². The van der Waals surface area contributed by atoms with Gasteiger partial charge in [-0.25, -0.2) is 5.43 Å². The number of nitrogens with zero attached hydrogens (tertiary/aromatic N) is 2. The fraction of sp³-hybridized carbons (Fsp3) is 0.100. The van der Waals surface area contributed by atoms with Crippen LogP contribution in [0.15, 0.2) is 64.1 Å². The summed E-state index contributed by atoms with van der Waals surface area (Å²) in [5, 5.41) is 14.9. The summed E-state index contributed by atoms with van der Waals surface area (Å²) in [6, 6.07) is 14.4. The summed E-state index contributed by atoms with van der Waals surface area (Å²) in [4.78, 5) is 22.5. The van der Waals surface area contributed by atoms with E-state index in [1.807, 2.05) is 6.07 Å². The highest BCUT2D eigenvalue weighted by atomic mass is 35.5. The van der Waals surface area contributed by atoms with Gasteiger partial charge in [0.2, 0.25) is 6.10 Å². The fourth-order valence-corrected chi connectivity index (χ4v) is 3.03. The summed E-state index contributed by atoms with van der Waals surface area (Å²) in [6.45, 7) is 0.0713. The molecule has 0 radical (unpaired) electrons. The Hall–Kier alpha value is -3.85. The zero-order chi connectivity index (χ0) is 21.1. The van der Waals surface area contributed by atoms with E-state index in [9.17, 15) is 14.9 Å². The van der Waals surface area contributed by atoms with Crippen LogP contribution >= 0.6 is 11.6 Å². The Morgan fingerprint density at radius 1 is 1.20 bits per heavy atom. The van der Waals surface area contributed by atoms with Crippen molar-refractivity contribution in [1.82, 2.24) is 5.43 Å². The molecule has 4 rings (SSSR count). The number of non-ortho nitro benzene ring substituents is 1. The van der Waals surface area contributed by atoms with Gasteiger partial charge in [0, 0.05) is 17.7 Å². The fourth-order valence-electron chi connectivity index (χ4n) is 2.76. The number of furan rings is 1. The second-order valence-electron chi connectivity index (χ2n) is 6.22.